The van der Waals surface area contributed by atoms with E-state index in [1.165, 1.54) is 9.88 Å². The van der Waals surface area contributed by atoms with Crippen molar-refractivity contribution in [1.82, 2.24) is 15.2 Å². The minimum absolute atomic E-state index is 0. The molecule has 23 heavy (non-hydrogen) atoms. The monoisotopic (exact) mass is 464 g/mol. The summed E-state index contributed by atoms with van der Waals surface area (Å²) in [6.45, 7) is 6.71. The van der Waals surface area contributed by atoms with E-state index in [-0.39, 0.29) is 24.0 Å². The Labute approximate surface area is 164 Å². The third-order valence-corrected chi connectivity index (χ3v) is 5.24. The molecule has 0 radical (unpaired) electrons. The van der Waals surface area contributed by atoms with Gasteiger partial charge < -0.3 is 10.2 Å². The highest BCUT2D eigenvalue weighted by Crippen LogP contribution is 2.12. The van der Waals surface area contributed by atoms with E-state index in [1.807, 2.05) is 11.3 Å². The number of aromatic nitrogens is 1. The van der Waals surface area contributed by atoms with Crippen molar-refractivity contribution < 1.29 is 0 Å². The van der Waals surface area contributed by atoms with E-state index in [9.17, 15) is 0 Å². The van der Waals surface area contributed by atoms with Crippen LogP contribution >= 0.6 is 46.7 Å². The zero-order valence-corrected chi connectivity index (χ0v) is 17.9. The standard InChI is InChI=1S/C16H24N4S2.HI/c1-4-15-19-13(12-22-15)11-18-16(17-5-2)20(3)9-8-14-7-6-10-21-14;/h6-7,10,12H,4-5,8-9,11H2,1-3H3,(H,17,18);1H. The van der Waals surface area contributed by atoms with Crippen LogP contribution in [0.1, 0.15) is 29.4 Å². The van der Waals surface area contributed by atoms with Crippen LogP contribution in [-0.2, 0) is 19.4 Å². The van der Waals surface area contributed by atoms with Crippen molar-refractivity contribution in [2.45, 2.75) is 33.2 Å². The highest BCUT2D eigenvalue weighted by molar-refractivity contribution is 14.0. The second-order valence-corrected chi connectivity index (χ2v) is 6.98. The molecule has 0 bridgehead atoms. The fourth-order valence-electron chi connectivity index (χ4n) is 2.05. The van der Waals surface area contributed by atoms with Crippen LogP contribution in [0.3, 0.4) is 0 Å². The molecule has 0 saturated heterocycles. The molecule has 7 heteroatoms. The van der Waals surface area contributed by atoms with Crippen molar-refractivity contribution in [1.29, 1.82) is 0 Å². The number of aryl methyl sites for hydroxylation is 1. The lowest BCUT2D eigenvalue weighted by atomic mass is 10.3. The molecule has 0 aliphatic carbocycles. The van der Waals surface area contributed by atoms with Gasteiger partial charge in [0.25, 0.3) is 0 Å². The maximum absolute atomic E-state index is 4.71. The molecule has 4 nitrogen and oxygen atoms in total. The van der Waals surface area contributed by atoms with Crippen LogP contribution in [0.5, 0.6) is 0 Å². The first-order valence-electron chi connectivity index (χ1n) is 7.68. The molecule has 0 spiro atoms. The fourth-order valence-corrected chi connectivity index (χ4v) is 3.48. The van der Waals surface area contributed by atoms with Gasteiger partial charge in [-0.1, -0.05) is 13.0 Å². The summed E-state index contributed by atoms with van der Waals surface area (Å²) in [6, 6.07) is 4.29. The first-order chi connectivity index (χ1) is 10.7. The van der Waals surface area contributed by atoms with Crippen molar-refractivity contribution in [3.8, 4) is 0 Å². The summed E-state index contributed by atoms with van der Waals surface area (Å²) in [5.74, 6) is 0.949. The predicted molar refractivity (Wildman–Crippen MR) is 112 cm³/mol. The molecule has 0 amide bonds. The smallest absolute Gasteiger partial charge is 0.194 e. The van der Waals surface area contributed by atoms with Gasteiger partial charge in [-0.05, 0) is 31.2 Å². The molecule has 2 rings (SSSR count). The van der Waals surface area contributed by atoms with Crippen LogP contribution in [0.4, 0.5) is 0 Å². The van der Waals surface area contributed by atoms with Crippen LogP contribution in [0.15, 0.2) is 27.9 Å². The number of guanidine groups is 1. The summed E-state index contributed by atoms with van der Waals surface area (Å²) in [5, 5.41) is 8.78. The molecular formula is C16H25IN4S2. The fraction of sp³-hybridized carbons (Fsp3) is 0.500. The molecule has 0 saturated carbocycles. The number of thiazole rings is 1. The number of likely N-dealkylation sites (N-methyl/N-ethyl adjacent to an activating group) is 1. The third-order valence-electron chi connectivity index (χ3n) is 3.26. The number of halogens is 1. The summed E-state index contributed by atoms with van der Waals surface area (Å²) in [4.78, 5) is 12.9. The lowest BCUT2D eigenvalue weighted by Crippen LogP contribution is -2.39. The summed E-state index contributed by atoms with van der Waals surface area (Å²) < 4.78 is 0. The van der Waals surface area contributed by atoms with E-state index < -0.39 is 0 Å². The normalized spacial score (nSPS) is 11.2. The minimum Gasteiger partial charge on any atom is -0.357 e. The quantitative estimate of drug-likeness (QED) is 0.382. The number of nitrogens with one attached hydrogen (secondary N) is 1. The Balaban J connectivity index is 0.00000264. The number of nitrogens with zero attached hydrogens (tertiary/aromatic N) is 3. The number of aliphatic imine (C=N–C) groups is 1. The van der Waals surface area contributed by atoms with Gasteiger partial charge in [0.05, 0.1) is 17.2 Å². The second-order valence-electron chi connectivity index (χ2n) is 5.01. The molecule has 0 atom stereocenters. The molecule has 2 aromatic rings. The van der Waals surface area contributed by atoms with Crippen molar-refractivity contribution in [2.75, 3.05) is 20.1 Å². The molecule has 2 aromatic heterocycles. The molecule has 2 heterocycles. The molecular weight excluding hydrogens is 439 g/mol. The van der Waals surface area contributed by atoms with Crippen molar-refractivity contribution >= 4 is 52.6 Å². The van der Waals surface area contributed by atoms with Gasteiger partial charge in [0, 0.05) is 30.4 Å². The molecule has 1 N–H and O–H groups in total. The Morgan fingerprint density at radius 2 is 2.17 bits per heavy atom. The Kier molecular flexibility index (Phi) is 9.73. The average molecular weight is 464 g/mol. The molecule has 0 aliphatic heterocycles. The van der Waals surface area contributed by atoms with Gasteiger partial charge in [-0.2, -0.15) is 0 Å². The van der Waals surface area contributed by atoms with Gasteiger partial charge in [-0.25, -0.2) is 9.98 Å². The summed E-state index contributed by atoms with van der Waals surface area (Å²) >= 11 is 3.53. The van der Waals surface area contributed by atoms with Gasteiger partial charge in [0.15, 0.2) is 5.96 Å². The minimum atomic E-state index is 0. The lowest BCUT2D eigenvalue weighted by Gasteiger charge is -2.21. The molecule has 0 aromatic carbocycles. The van der Waals surface area contributed by atoms with Crippen molar-refractivity contribution in [3.63, 3.8) is 0 Å². The van der Waals surface area contributed by atoms with E-state index in [0.717, 1.165) is 37.6 Å². The van der Waals surface area contributed by atoms with Gasteiger partial charge in [0.2, 0.25) is 0 Å². The number of rotatable bonds is 7. The van der Waals surface area contributed by atoms with Gasteiger partial charge in [-0.3, -0.25) is 0 Å². The first kappa shape index (κ1) is 20.4. The van der Waals surface area contributed by atoms with Gasteiger partial charge in [-0.15, -0.1) is 46.7 Å². The van der Waals surface area contributed by atoms with Crippen LogP contribution in [0.25, 0.3) is 0 Å². The second kappa shape index (κ2) is 11.0. The maximum Gasteiger partial charge on any atom is 0.194 e. The lowest BCUT2D eigenvalue weighted by molar-refractivity contribution is 0.486. The Morgan fingerprint density at radius 3 is 2.78 bits per heavy atom. The van der Waals surface area contributed by atoms with Gasteiger partial charge >= 0.3 is 0 Å². The number of thiophene rings is 1. The SMILES string of the molecule is CCNC(=NCc1csc(CC)n1)N(C)CCc1cccs1.I. The molecule has 0 unspecified atom stereocenters. The molecule has 0 aliphatic rings. The largest absolute Gasteiger partial charge is 0.357 e. The van der Waals surface area contributed by atoms with Crippen LogP contribution in [0, 0.1) is 0 Å². The van der Waals surface area contributed by atoms with Gasteiger partial charge in [0.1, 0.15) is 0 Å². The van der Waals surface area contributed by atoms with E-state index in [1.54, 1.807) is 11.3 Å². The number of hydrogen-bond donors (Lipinski definition) is 1. The maximum atomic E-state index is 4.71. The Bertz CT molecular complexity index is 581. The van der Waals surface area contributed by atoms with E-state index >= 15 is 0 Å². The summed E-state index contributed by atoms with van der Waals surface area (Å²) in [5.41, 5.74) is 1.06. The third kappa shape index (κ3) is 6.76. The molecule has 128 valence electrons. The topological polar surface area (TPSA) is 40.5 Å². The van der Waals surface area contributed by atoms with Crippen molar-refractivity contribution in [3.05, 3.63) is 38.5 Å². The zero-order chi connectivity index (χ0) is 15.8. The van der Waals surface area contributed by atoms with Crippen LogP contribution < -0.4 is 5.32 Å². The Hall–Kier alpha value is -0.670. The first-order valence-corrected chi connectivity index (χ1v) is 9.44. The number of hydrogen-bond acceptors (Lipinski definition) is 4. The van der Waals surface area contributed by atoms with Crippen molar-refractivity contribution in [2.24, 2.45) is 4.99 Å². The highest BCUT2D eigenvalue weighted by Gasteiger charge is 2.07. The summed E-state index contributed by atoms with van der Waals surface area (Å²) in [6.07, 6.45) is 2.05. The molecule has 0 fully saturated rings. The van der Waals surface area contributed by atoms with Crippen LogP contribution in [0.2, 0.25) is 0 Å². The highest BCUT2D eigenvalue weighted by atomic mass is 127. The summed E-state index contributed by atoms with van der Waals surface area (Å²) in [7, 11) is 2.09. The average Bonchev–Trinajstić information content (AvgIpc) is 3.20. The van der Waals surface area contributed by atoms with E-state index in [4.69, 9.17) is 4.99 Å². The van der Waals surface area contributed by atoms with E-state index in [0.29, 0.717) is 6.54 Å². The van der Waals surface area contributed by atoms with Crippen LogP contribution in [-0.4, -0.2) is 36.0 Å². The Morgan fingerprint density at radius 1 is 1.35 bits per heavy atom. The zero-order valence-electron chi connectivity index (χ0n) is 13.9. The predicted octanol–water partition coefficient (Wildman–Crippen LogP) is 4.03. The van der Waals surface area contributed by atoms with E-state index in [2.05, 4.69) is 59.0 Å².